The van der Waals surface area contributed by atoms with Crippen LogP contribution >= 0.6 is 12.2 Å². The Morgan fingerprint density at radius 3 is 2.91 bits per heavy atom. The molecule has 0 unspecified atom stereocenters. The third kappa shape index (κ3) is 2.21. The van der Waals surface area contributed by atoms with Crippen LogP contribution in [0.1, 0.15) is 6.42 Å². The van der Waals surface area contributed by atoms with E-state index in [-0.39, 0.29) is 0 Å². The number of hydrogen-bond donors (Lipinski definition) is 1. The van der Waals surface area contributed by atoms with Gasteiger partial charge in [-0.3, -0.25) is 9.88 Å². The molecule has 6 heteroatoms. The second-order valence-electron chi connectivity index (χ2n) is 5.23. The Labute approximate surface area is 133 Å². The van der Waals surface area contributed by atoms with Crippen LogP contribution in [-0.4, -0.2) is 26.2 Å². The summed E-state index contributed by atoms with van der Waals surface area (Å²) >= 11 is 5.57. The fourth-order valence-electron chi connectivity index (χ4n) is 2.80. The quantitative estimate of drug-likeness (QED) is 0.700. The van der Waals surface area contributed by atoms with Gasteiger partial charge in [-0.2, -0.15) is 0 Å². The average molecular weight is 309 g/mol. The Bertz CT molecular complexity index is 827. The van der Waals surface area contributed by atoms with Crippen molar-refractivity contribution in [2.45, 2.75) is 13.0 Å². The van der Waals surface area contributed by atoms with E-state index in [4.69, 9.17) is 17.2 Å². The van der Waals surface area contributed by atoms with Crippen LogP contribution < -0.4 is 10.2 Å². The summed E-state index contributed by atoms with van der Waals surface area (Å²) in [6.07, 6.45) is 4.55. The van der Waals surface area contributed by atoms with E-state index in [0.717, 1.165) is 42.2 Å². The highest BCUT2D eigenvalue weighted by Crippen LogP contribution is 2.27. The van der Waals surface area contributed by atoms with Crippen molar-refractivity contribution in [3.63, 3.8) is 0 Å². The molecule has 4 rings (SSSR count). The lowest BCUT2D eigenvalue weighted by Crippen LogP contribution is -2.40. The van der Waals surface area contributed by atoms with Gasteiger partial charge in [0.1, 0.15) is 0 Å². The van der Waals surface area contributed by atoms with Crippen molar-refractivity contribution >= 4 is 40.0 Å². The molecule has 1 aliphatic rings. The summed E-state index contributed by atoms with van der Waals surface area (Å²) in [4.78, 5) is 10.9. The molecule has 0 amide bonds. The summed E-state index contributed by atoms with van der Waals surface area (Å²) in [5, 5.41) is 3.90. The Morgan fingerprint density at radius 1 is 1.14 bits per heavy atom. The van der Waals surface area contributed by atoms with Gasteiger partial charge < -0.3 is 9.88 Å². The topological polar surface area (TPSA) is 46.0 Å². The second kappa shape index (κ2) is 5.38. The van der Waals surface area contributed by atoms with Crippen LogP contribution in [-0.2, 0) is 6.54 Å². The van der Waals surface area contributed by atoms with E-state index in [2.05, 4.69) is 25.8 Å². The van der Waals surface area contributed by atoms with Crippen LogP contribution in [0.15, 0.2) is 48.8 Å². The second-order valence-corrected chi connectivity index (χ2v) is 5.62. The molecule has 1 N–H and O–H groups in total. The summed E-state index contributed by atoms with van der Waals surface area (Å²) < 4.78 is 2.23. The zero-order chi connectivity index (χ0) is 14.9. The number of hydrogen-bond acceptors (Lipinski definition) is 3. The zero-order valence-electron chi connectivity index (χ0n) is 11.9. The fourth-order valence-corrected chi connectivity index (χ4v) is 3.09. The summed E-state index contributed by atoms with van der Waals surface area (Å²) in [6.45, 7) is 1.84. The van der Waals surface area contributed by atoms with Crippen molar-refractivity contribution in [1.29, 1.82) is 0 Å². The van der Waals surface area contributed by atoms with E-state index in [1.54, 1.807) is 12.4 Å². The van der Waals surface area contributed by atoms with Gasteiger partial charge >= 0.3 is 0 Å². The van der Waals surface area contributed by atoms with Crippen LogP contribution in [0.5, 0.6) is 0 Å². The average Bonchev–Trinajstić information content (AvgIpc) is 2.94. The number of thiocarbonyl (C=S) groups is 1. The molecule has 0 aliphatic carbocycles. The summed E-state index contributed by atoms with van der Waals surface area (Å²) in [7, 11) is 0. The first-order valence-corrected chi connectivity index (χ1v) is 7.67. The van der Waals surface area contributed by atoms with E-state index in [9.17, 15) is 0 Å². The molecule has 0 bridgehead atoms. The number of para-hydroxylation sites is 2. The highest BCUT2D eigenvalue weighted by molar-refractivity contribution is 7.80. The molecule has 5 nitrogen and oxygen atoms in total. The maximum atomic E-state index is 5.57. The summed E-state index contributed by atoms with van der Waals surface area (Å²) in [5.74, 6) is 0.911. The predicted molar refractivity (Wildman–Crippen MR) is 92.2 cm³/mol. The number of aromatic nitrogens is 3. The lowest BCUT2D eigenvalue weighted by atomic mass is 10.3. The van der Waals surface area contributed by atoms with E-state index in [1.165, 1.54) is 0 Å². The van der Waals surface area contributed by atoms with Crippen LogP contribution in [0.4, 0.5) is 11.6 Å². The first kappa shape index (κ1) is 13.2. The number of aryl methyl sites for hydroxylation is 1. The Hall–Kier alpha value is -2.47. The molecule has 1 aromatic carbocycles. The summed E-state index contributed by atoms with van der Waals surface area (Å²) in [5.41, 5.74) is 3.06. The molecule has 0 saturated carbocycles. The highest BCUT2D eigenvalue weighted by atomic mass is 32.1. The third-order valence-corrected chi connectivity index (χ3v) is 4.12. The summed E-state index contributed by atoms with van der Waals surface area (Å²) in [6, 6.07) is 12.0. The molecule has 1 aliphatic heterocycles. The van der Waals surface area contributed by atoms with E-state index in [1.807, 2.05) is 30.3 Å². The smallest absolute Gasteiger partial charge is 0.212 e. The standard InChI is InChI=1S/C16H15N5S/c22-16(18-12-5-3-8-17-11-12)21-10-4-9-20-14-7-2-1-6-13(14)19-15(20)21/h1-3,5-8,11H,4,9-10H2,(H,18,22). The maximum Gasteiger partial charge on any atom is 0.212 e. The van der Waals surface area contributed by atoms with Crippen LogP contribution in [0.25, 0.3) is 11.0 Å². The van der Waals surface area contributed by atoms with Crippen molar-refractivity contribution in [1.82, 2.24) is 14.5 Å². The molecule has 3 aromatic rings. The van der Waals surface area contributed by atoms with Crippen molar-refractivity contribution < 1.29 is 0 Å². The Balaban J connectivity index is 1.68. The van der Waals surface area contributed by atoms with Crippen molar-refractivity contribution in [2.24, 2.45) is 0 Å². The van der Waals surface area contributed by atoms with Gasteiger partial charge in [-0.05, 0) is 42.9 Å². The van der Waals surface area contributed by atoms with Crippen LogP contribution in [0.2, 0.25) is 0 Å². The van der Waals surface area contributed by atoms with Gasteiger partial charge in [0.15, 0.2) is 5.11 Å². The normalized spacial score (nSPS) is 13.9. The van der Waals surface area contributed by atoms with Crippen molar-refractivity contribution in [3.05, 3.63) is 48.8 Å². The molecule has 3 heterocycles. The van der Waals surface area contributed by atoms with Crippen LogP contribution in [0.3, 0.4) is 0 Å². The van der Waals surface area contributed by atoms with Gasteiger partial charge in [-0.15, -0.1) is 0 Å². The largest absolute Gasteiger partial charge is 0.331 e. The zero-order valence-corrected chi connectivity index (χ0v) is 12.8. The minimum absolute atomic E-state index is 0.657. The van der Waals surface area contributed by atoms with Gasteiger partial charge in [-0.1, -0.05) is 12.1 Å². The first-order chi connectivity index (χ1) is 10.8. The van der Waals surface area contributed by atoms with Gasteiger partial charge in [0.2, 0.25) is 5.95 Å². The van der Waals surface area contributed by atoms with Crippen molar-refractivity contribution in [2.75, 3.05) is 16.8 Å². The van der Waals surface area contributed by atoms with E-state index in [0.29, 0.717) is 5.11 Å². The number of benzene rings is 1. The number of rotatable bonds is 1. The van der Waals surface area contributed by atoms with Crippen LogP contribution in [0, 0.1) is 0 Å². The molecule has 0 atom stereocenters. The number of nitrogens with one attached hydrogen (secondary N) is 1. The third-order valence-electron chi connectivity index (χ3n) is 3.80. The maximum absolute atomic E-state index is 5.57. The lowest BCUT2D eigenvalue weighted by molar-refractivity contribution is 0.612. The molecule has 0 radical (unpaired) electrons. The van der Waals surface area contributed by atoms with Gasteiger partial charge in [0, 0.05) is 19.3 Å². The van der Waals surface area contributed by atoms with Crippen molar-refractivity contribution in [3.8, 4) is 0 Å². The number of fused-ring (bicyclic) bond motifs is 3. The molecular weight excluding hydrogens is 294 g/mol. The van der Waals surface area contributed by atoms with Gasteiger partial charge in [-0.25, -0.2) is 4.98 Å². The van der Waals surface area contributed by atoms with E-state index >= 15 is 0 Å². The minimum atomic E-state index is 0.657. The Kier molecular flexibility index (Phi) is 3.23. The van der Waals surface area contributed by atoms with E-state index < -0.39 is 0 Å². The fraction of sp³-hybridized carbons (Fsp3) is 0.188. The minimum Gasteiger partial charge on any atom is -0.331 e. The number of pyridine rings is 1. The van der Waals surface area contributed by atoms with Gasteiger partial charge in [0.05, 0.1) is 22.9 Å². The Morgan fingerprint density at radius 2 is 2.05 bits per heavy atom. The number of nitrogens with zero attached hydrogens (tertiary/aromatic N) is 4. The molecule has 0 spiro atoms. The number of anilines is 2. The van der Waals surface area contributed by atoms with Gasteiger partial charge in [0.25, 0.3) is 0 Å². The molecule has 110 valence electrons. The highest BCUT2D eigenvalue weighted by Gasteiger charge is 2.24. The predicted octanol–water partition coefficient (Wildman–Crippen LogP) is 3.04. The number of imidazole rings is 1. The molecular formula is C16H15N5S. The molecule has 22 heavy (non-hydrogen) atoms. The lowest BCUT2D eigenvalue weighted by Gasteiger charge is -2.29. The molecule has 0 saturated heterocycles. The monoisotopic (exact) mass is 309 g/mol. The first-order valence-electron chi connectivity index (χ1n) is 7.27. The molecule has 0 fully saturated rings. The molecule has 2 aromatic heterocycles. The SMILES string of the molecule is S=C(Nc1cccnc1)N1CCCn2c1nc1ccccc12.